The van der Waals surface area contributed by atoms with Crippen molar-refractivity contribution < 1.29 is 0 Å². The number of aryl methyl sites for hydroxylation is 1. The maximum atomic E-state index is 4.37. The van der Waals surface area contributed by atoms with E-state index in [1.807, 2.05) is 12.3 Å². The molecular weight excluding hydrogens is 228 g/mol. The van der Waals surface area contributed by atoms with Gasteiger partial charge in [-0.1, -0.05) is 13.0 Å². The van der Waals surface area contributed by atoms with Crippen LogP contribution in [-0.4, -0.2) is 11.5 Å². The van der Waals surface area contributed by atoms with Gasteiger partial charge >= 0.3 is 0 Å². The van der Waals surface area contributed by atoms with Crippen LogP contribution in [0.2, 0.25) is 0 Å². The maximum absolute atomic E-state index is 4.37. The summed E-state index contributed by atoms with van der Waals surface area (Å²) < 4.78 is 0. The van der Waals surface area contributed by atoms with Crippen molar-refractivity contribution in [2.75, 3.05) is 6.54 Å². The summed E-state index contributed by atoms with van der Waals surface area (Å²) >= 11 is 1.76. The van der Waals surface area contributed by atoms with Crippen LogP contribution in [0.15, 0.2) is 41.2 Å². The number of pyridine rings is 1. The van der Waals surface area contributed by atoms with Gasteiger partial charge in [-0.15, -0.1) is 0 Å². The molecule has 2 aromatic rings. The van der Waals surface area contributed by atoms with Gasteiger partial charge in [0.1, 0.15) is 0 Å². The molecule has 2 nitrogen and oxygen atoms in total. The van der Waals surface area contributed by atoms with Gasteiger partial charge in [-0.05, 0) is 53.9 Å². The molecule has 17 heavy (non-hydrogen) atoms. The van der Waals surface area contributed by atoms with Gasteiger partial charge in [0.2, 0.25) is 0 Å². The summed E-state index contributed by atoms with van der Waals surface area (Å²) in [5, 5.41) is 7.90. The summed E-state index contributed by atoms with van der Waals surface area (Å²) in [6.45, 7) is 3.16. The van der Waals surface area contributed by atoms with Gasteiger partial charge in [0.05, 0.1) is 0 Å². The second kappa shape index (κ2) is 6.52. The van der Waals surface area contributed by atoms with Crippen molar-refractivity contribution in [1.82, 2.24) is 10.3 Å². The molecule has 0 aromatic carbocycles. The third kappa shape index (κ3) is 3.65. The highest BCUT2D eigenvalue weighted by atomic mass is 32.1. The Bertz CT molecular complexity index is 411. The van der Waals surface area contributed by atoms with Crippen molar-refractivity contribution in [3.8, 4) is 0 Å². The molecule has 0 saturated heterocycles. The summed E-state index contributed by atoms with van der Waals surface area (Å²) in [4.78, 5) is 4.37. The summed E-state index contributed by atoms with van der Waals surface area (Å²) in [5.41, 5.74) is 2.57. The van der Waals surface area contributed by atoms with Gasteiger partial charge in [0.25, 0.3) is 0 Å². The molecular formula is C14H18N2S. The fourth-order valence-electron chi connectivity index (χ4n) is 1.94. The van der Waals surface area contributed by atoms with E-state index >= 15 is 0 Å². The topological polar surface area (TPSA) is 24.9 Å². The molecule has 3 heteroatoms. The van der Waals surface area contributed by atoms with Gasteiger partial charge in [0.15, 0.2) is 0 Å². The van der Waals surface area contributed by atoms with Gasteiger partial charge < -0.3 is 5.32 Å². The Morgan fingerprint density at radius 3 is 2.94 bits per heavy atom. The fraction of sp³-hybridized carbons (Fsp3) is 0.357. The standard InChI is InChI=1S/C14H18N2S/c1-2-15-14(12-8-10-17-11-12)7-6-13-5-3-4-9-16-13/h3-5,8-11,14-15H,2,6-7H2,1H3. The van der Waals surface area contributed by atoms with Crippen molar-refractivity contribution in [3.05, 3.63) is 52.5 Å². The monoisotopic (exact) mass is 246 g/mol. The average Bonchev–Trinajstić information content (AvgIpc) is 2.89. The molecule has 2 heterocycles. The fourth-order valence-corrected chi connectivity index (χ4v) is 2.66. The molecule has 90 valence electrons. The van der Waals surface area contributed by atoms with E-state index in [0.29, 0.717) is 6.04 Å². The molecule has 0 aliphatic rings. The number of aromatic nitrogens is 1. The van der Waals surface area contributed by atoms with Gasteiger partial charge in [-0.3, -0.25) is 4.98 Å². The Morgan fingerprint density at radius 1 is 1.35 bits per heavy atom. The largest absolute Gasteiger partial charge is 0.310 e. The number of hydrogen-bond acceptors (Lipinski definition) is 3. The lowest BCUT2D eigenvalue weighted by Crippen LogP contribution is -2.21. The minimum Gasteiger partial charge on any atom is -0.310 e. The number of nitrogens with zero attached hydrogens (tertiary/aromatic N) is 1. The molecule has 1 unspecified atom stereocenters. The normalized spacial score (nSPS) is 12.5. The Labute approximate surface area is 107 Å². The van der Waals surface area contributed by atoms with E-state index < -0.39 is 0 Å². The van der Waals surface area contributed by atoms with Crippen LogP contribution in [0, 0.1) is 0 Å². The smallest absolute Gasteiger partial charge is 0.0404 e. The van der Waals surface area contributed by atoms with E-state index in [2.05, 4.69) is 46.2 Å². The lowest BCUT2D eigenvalue weighted by Gasteiger charge is -2.16. The second-order valence-electron chi connectivity index (χ2n) is 4.03. The van der Waals surface area contributed by atoms with Crippen LogP contribution in [0.25, 0.3) is 0 Å². The number of hydrogen-bond donors (Lipinski definition) is 1. The van der Waals surface area contributed by atoms with E-state index in [1.54, 1.807) is 11.3 Å². The average molecular weight is 246 g/mol. The molecule has 1 N–H and O–H groups in total. The molecule has 0 amide bonds. The molecule has 0 aliphatic heterocycles. The Balaban J connectivity index is 1.95. The highest BCUT2D eigenvalue weighted by molar-refractivity contribution is 7.07. The minimum absolute atomic E-state index is 0.452. The maximum Gasteiger partial charge on any atom is 0.0404 e. The quantitative estimate of drug-likeness (QED) is 0.844. The van der Waals surface area contributed by atoms with Crippen molar-refractivity contribution >= 4 is 11.3 Å². The summed E-state index contributed by atoms with van der Waals surface area (Å²) in [5.74, 6) is 0. The van der Waals surface area contributed by atoms with Crippen LogP contribution in [-0.2, 0) is 6.42 Å². The number of thiophene rings is 1. The Kier molecular flexibility index (Phi) is 4.71. The third-order valence-corrected chi connectivity index (χ3v) is 3.51. The number of rotatable bonds is 6. The first-order valence-corrected chi connectivity index (χ1v) is 7.00. The van der Waals surface area contributed by atoms with E-state index in [9.17, 15) is 0 Å². The lowest BCUT2D eigenvalue weighted by atomic mass is 10.0. The lowest BCUT2D eigenvalue weighted by molar-refractivity contribution is 0.514. The predicted molar refractivity (Wildman–Crippen MR) is 73.3 cm³/mol. The third-order valence-electron chi connectivity index (χ3n) is 2.81. The summed E-state index contributed by atoms with van der Waals surface area (Å²) in [7, 11) is 0. The molecule has 0 bridgehead atoms. The Morgan fingerprint density at radius 2 is 2.29 bits per heavy atom. The highest BCUT2D eigenvalue weighted by Crippen LogP contribution is 2.21. The first kappa shape index (κ1) is 12.3. The molecule has 0 aliphatic carbocycles. The van der Waals surface area contributed by atoms with Gasteiger partial charge in [-0.2, -0.15) is 11.3 Å². The van der Waals surface area contributed by atoms with Crippen molar-refractivity contribution in [2.45, 2.75) is 25.8 Å². The van der Waals surface area contributed by atoms with Crippen LogP contribution < -0.4 is 5.32 Å². The summed E-state index contributed by atoms with van der Waals surface area (Å²) in [6, 6.07) is 8.76. The van der Waals surface area contributed by atoms with Crippen LogP contribution in [0.1, 0.15) is 30.6 Å². The zero-order chi connectivity index (χ0) is 11.9. The van der Waals surface area contributed by atoms with Gasteiger partial charge in [0, 0.05) is 17.9 Å². The molecule has 2 aromatic heterocycles. The molecule has 1 atom stereocenters. The Hall–Kier alpha value is -1.19. The minimum atomic E-state index is 0.452. The second-order valence-corrected chi connectivity index (χ2v) is 4.81. The zero-order valence-corrected chi connectivity index (χ0v) is 10.9. The van der Waals surface area contributed by atoms with Crippen molar-refractivity contribution in [1.29, 1.82) is 0 Å². The first-order chi connectivity index (χ1) is 8.40. The van der Waals surface area contributed by atoms with Crippen LogP contribution in [0.4, 0.5) is 0 Å². The van der Waals surface area contributed by atoms with E-state index in [-0.39, 0.29) is 0 Å². The molecule has 0 spiro atoms. The van der Waals surface area contributed by atoms with E-state index in [1.165, 1.54) is 11.3 Å². The predicted octanol–water partition coefficient (Wildman–Crippen LogP) is 3.43. The molecule has 0 fully saturated rings. The highest BCUT2D eigenvalue weighted by Gasteiger charge is 2.10. The zero-order valence-electron chi connectivity index (χ0n) is 10.1. The molecule has 0 saturated carbocycles. The van der Waals surface area contributed by atoms with E-state index in [4.69, 9.17) is 0 Å². The van der Waals surface area contributed by atoms with Crippen molar-refractivity contribution in [2.24, 2.45) is 0 Å². The SMILES string of the molecule is CCNC(CCc1ccccn1)c1ccsc1. The molecule has 2 rings (SSSR count). The van der Waals surface area contributed by atoms with Crippen molar-refractivity contribution in [3.63, 3.8) is 0 Å². The first-order valence-electron chi connectivity index (χ1n) is 6.05. The van der Waals surface area contributed by atoms with E-state index in [0.717, 1.165) is 19.4 Å². The van der Waals surface area contributed by atoms with Gasteiger partial charge in [-0.25, -0.2) is 0 Å². The van der Waals surface area contributed by atoms with Crippen LogP contribution in [0.3, 0.4) is 0 Å². The van der Waals surface area contributed by atoms with Crippen LogP contribution in [0.5, 0.6) is 0 Å². The van der Waals surface area contributed by atoms with Crippen LogP contribution >= 0.6 is 11.3 Å². The summed E-state index contributed by atoms with van der Waals surface area (Å²) in [6.07, 6.45) is 3.98. The molecule has 0 radical (unpaired) electrons. The number of nitrogens with one attached hydrogen (secondary N) is 1.